The minimum atomic E-state index is -3.81. The predicted molar refractivity (Wildman–Crippen MR) is 119 cm³/mol. The second-order valence-electron chi connectivity index (χ2n) is 7.41. The van der Waals surface area contributed by atoms with Crippen LogP contribution in [0.2, 0.25) is 0 Å². The van der Waals surface area contributed by atoms with Gasteiger partial charge in [-0.15, -0.1) is 0 Å². The Balaban J connectivity index is 2.46. The number of rotatable bonds is 8. The fourth-order valence-corrected chi connectivity index (χ4v) is 4.34. The first kappa shape index (κ1) is 24.3. The lowest BCUT2D eigenvalue weighted by molar-refractivity contribution is -0.139. The fraction of sp³-hybridized carbons (Fsp3) is 0.364. The molecule has 2 aromatic rings. The Bertz CT molecular complexity index is 1050. The maximum Gasteiger partial charge on any atom is 0.244 e. The van der Waals surface area contributed by atoms with Crippen LogP contribution in [0.4, 0.5) is 10.1 Å². The molecule has 0 saturated heterocycles. The number of likely N-dealkylation sites (N-methyl/N-ethyl adjacent to an activating group) is 1. The van der Waals surface area contributed by atoms with Crippen LogP contribution < -0.4 is 9.62 Å². The number of para-hydroxylation sites is 1. The Morgan fingerprint density at radius 2 is 1.65 bits per heavy atom. The minimum Gasteiger partial charge on any atom is -0.357 e. The van der Waals surface area contributed by atoms with Crippen LogP contribution in [0.5, 0.6) is 0 Å². The summed E-state index contributed by atoms with van der Waals surface area (Å²) in [5.74, 6) is -1.57. The fourth-order valence-electron chi connectivity index (χ4n) is 3.38. The molecular weight excluding hydrogens is 421 g/mol. The van der Waals surface area contributed by atoms with Crippen LogP contribution in [0.15, 0.2) is 42.5 Å². The Hall–Kier alpha value is -2.94. The summed E-state index contributed by atoms with van der Waals surface area (Å²) in [6, 6.07) is 10.3. The molecule has 168 valence electrons. The number of carbonyl (C=O) groups excluding carboxylic acids is 2. The maximum absolute atomic E-state index is 14.2. The van der Waals surface area contributed by atoms with Crippen LogP contribution in [0.25, 0.3) is 0 Å². The highest BCUT2D eigenvalue weighted by Gasteiger charge is 2.31. The number of nitrogens with one attached hydrogen (secondary N) is 1. The standard InChI is InChI=1S/C22H28FN3O4S/c1-15-9-8-10-16(2)21(15)26(31(5,29)30)14-20(27)25(17(3)22(28)24-4)13-18-11-6-7-12-19(18)23/h6-12,17H,13-14H2,1-5H3,(H,24,28)/t17-/m0/s1. The second-order valence-corrected chi connectivity index (χ2v) is 9.32. The van der Waals surface area contributed by atoms with E-state index in [1.54, 1.807) is 38.1 Å². The number of aryl methyl sites for hydroxylation is 2. The van der Waals surface area contributed by atoms with Crippen molar-refractivity contribution in [2.75, 3.05) is 24.2 Å². The molecule has 7 nitrogen and oxygen atoms in total. The summed E-state index contributed by atoms with van der Waals surface area (Å²) in [6.45, 7) is 4.34. The van der Waals surface area contributed by atoms with Crippen molar-refractivity contribution < 1.29 is 22.4 Å². The molecule has 0 spiro atoms. The lowest BCUT2D eigenvalue weighted by Gasteiger charge is -2.32. The van der Waals surface area contributed by atoms with Gasteiger partial charge in [-0.2, -0.15) is 0 Å². The van der Waals surface area contributed by atoms with E-state index in [0.29, 0.717) is 16.8 Å². The SMILES string of the molecule is CNC(=O)[C@H](C)N(Cc1ccccc1F)C(=O)CN(c1c(C)cccc1C)S(C)(=O)=O. The smallest absolute Gasteiger partial charge is 0.244 e. The third-order valence-electron chi connectivity index (χ3n) is 5.08. The molecule has 1 N–H and O–H groups in total. The van der Waals surface area contributed by atoms with Gasteiger partial charge in [0.25, 0.3) is 0 Å². The molecule has 0 radical (unpaired) electrons. The summed E-state index contributed by atoms with van der Waals surface area (Å²) in [7, 11) is -2.38. The monoisotopic (exact) mass is 449 g/mol. The number of amides is 2. The molecule has 0 aromatic heterocycles. The van der Waals surface area contributed by atoms with Crippen molar-refractivity contribution in [2.45, 2.75) is 33.4 Å². The summed E-state index contributed by atoms with van der Waals surface area (Å²) >= 11 is 0. The number of benzene rings is 2. The molecule has 0 aliphatic rings. The first-order valence-electron chi connectivity index (χ1n) is 9.75. The number of carbonyl (C=O) groups is 2. The Labute approximate surface area is 182 Å². The molecule has 0 saturated carbocycles. The summed E-state index contributed by atoms with van der Waals surface area (Å²) in [5, 5.41) is 2.48. The molecule has 2 aromatic carbocycles. The van der Waals surface area contributed by atoms with Gasteiger partial charge in [-0.05, 0) is 38.0 Å². The summed E-state index contributed by atoms with van der Waals surface area (Å²) in [6.07, 6.45) is 1.02. The molecule has 0 fully saturated rings. The Kier molecular flexibility index (Phi) is 7.78. The van der Waals surface area contributed by atoms with Crippen LogP contribution in [-0.2, 0) is 26.2 Å². The molecule has 2 amide bonds. The normalized spacial score (nSPS) is 12.2. The second kappa shape index (κ2) is 9.91. The number of anilines is 1. The van der Waals surface area contributed by atoms with Gasteiger partial charge in [0.2, 0.25) is 21.8 Å². The van der Waals surface area contributed by atoms with Gasteiger partial charge in [-0.1, -0.05) is 36.4 Å². The molecule has 0 aliphatic carbocycles. The van der Waals surface area contributed by atoms with Gasteiger partial charge in [0, 0.05) is 19.2 Å². The zero-order valence-corrected chi connectivity index (χ0v) is 19.2. The van der Waals surface area contributed by atoms with Crippen molar-refractivity contribution in [1.82, 2.24) is 10.2 Å². The zero-order valence-electron chi connectivity index (χ0n) is 18.3. The van der Waals surface area contributed by atoms with Gasteiger partial charge in [-0.3, -0.25) is 13.9 Å². The molecule has 0 heterocycles. The highest BCUT2D eigenvalue weighted by Crippen LogP contribution is 2.27. The number of halogens is 1. The van der Waals surface area contributed by atoms with Crippen molar-refractivity contribution in [2.24, 2.45) is 0 Å². The van der Waals surface area contributed by atoms with E-state index in [0.717, 1.165) is 10.6 Å². The van der Waals surface area contributed by atoms with E-state index in [4.69, 9.17) is 0 Å². The van der Waals surface area contributed by atoms with Gasteiger partial charge in [0.15, 0.2) is 0 Å². The van der Waals surface area contributed by atoms with Crippen LogP contribution in [-0.4, -0.2) is 51.0 Å². The van der Waals surface area contributed by atoms with Gasteiger partial charge in [-0.25, -0.2) is 12.8 Å². The van der Waals surface area contributed by atoms with Crippen LogP contribution in [0.3, 0.4) is 0 Å². The topological polar surface area (TPSA) is 86.8 Å². The number of nitrogens with zero attached hydrogens (tertiary/aromatic N) is 2. The zero-order chi connectivity index (χ0) is 23.3. The maximum atomic E-state index is 14.2. The van der Waals surface area contributed by atoms with Gasteiger partial charge in [0.1, 0.15) is 18.4 Å². The Morgan fingerprint density at radius 3 is 2.16 bits per heavy atom. The van der Waals surface area contributed by atoms with Crippen molar-refractivity contribution in [3.63, 3.8) is 0 Å². The van der Waals surface area contributed by atoms with Crippen LogP contribution in [0, 0.1) is 19.7 Å². The lowest BCUT2D eigenvalue weighted by Crippen LogP contribution is -2.50. The third-order valence-corrected chi connectivity index (χ3v) is 6.19. The molecular formula is C22H28FN3O4S. The highest BCUT2D eigenvalue weighted by atomic mass is 32.2. The largest absolute Gasteiger partial charge is 0.357 e. The summed E-state index contributed by atoms with van der Waals surface area (Å²) in [5.41, 5.74) is 2.03. The summed E-state index contributed by atoms with van der Waals surface area (Å²) < 4.78 is 40.4. The summed E-state index contributed by atoms with van der Waals surface area (Å²) in [4.78, 5) is 26.7. The first-order chi connectivity index (χ1) is 14.5. The molecule has 1 atom stereocenters. The average molecular weight is 450 g/mol. The average Bonchev–Trinajstić information content (AvgIpc) is 2.70. The quantitative estimate of drug-likeness (QED) is 0.670. The third kappa shape index (κ3) is 5.81. The van der Waals surface area contributed by atoms with Crippen LogP contribution in [0.1, 0.15) is 23.6 Å². The lowest BCUT2D eigenvalue weighted by atomic mass is 10.1. The molecule has 9 heteroatoms. The van der Waals surface area contributed by atoms with E-state index in [9.17, 15) is 22.4 Å². The van der Waals surface area contributed by atoms with Crippen LogP contribution >= 0.6 is 0 Å². The van der Waals surface area contributed by atoms with Gasteiger partial charge < -0.3 is 10.2 Å². The van der Waals surface area contributed by atoms with E-state index in [1.807, 2.05) is 0 Å². The highest BCUT2D eigenvalue weighted by molar-refractivity contribution is 7.92. The van der Waals surface area contributed by atoms with E-state index in [2.05, 4.69) is 5.32 Å². The van der Waals surface area contributed by atoms with Gasteiger partial charge in [0.05, 0.1) is 11.9 Å². The van der Waals surface area contributed by atoms with E-state index in [-0.39, 0.29) is 12.1 Å². The van der Waals surface area contributed by atoms with Crippen molar-refractivity contribution >= 4 is 27.5 Å². The molecule has 31 heavy (non-hydrogen) atoms. The van der Waals surface area contributed by atoms with Gasteiger partial charge >= 0.3 is 0 Å². The molecule has 0 unspecified atom stereocenters. The molecule has 0 aliphatic heterocycles. The predicted octanol–water partition coefficient (Wildman–Crippen LogP) is 2.37. The van der Waals surface area contributed by atoms with Crippen molar-refractivity contribution in [1.29, 1.82) is 0 Å². The Morgan fingerprint density at radius 1 is 1.06 bits per heavy atom. The number of sulfonamides is 1. The van der Waals surface area contributed by atoms with Crippen molar-refractivity contribution in [3.05, 3.63) is 65.0 Å². The van der Waals surface area contributed by atoms with E-state index >= 15 is 0 Å². The van der Waals surface area contributed by atoms with E-state index in [1.165, 1.54) is 37.1 Å². The number of hydrogen-bond donors (Lipinski definition) is 1. The molecule has 2 rings (SSSR count). The van der Waals surface area contributed by atoms with E-state index < -0.39 is 40.2 Å². The first-order valence-corrected chi connectivity index (χ1v) is 11.6. The van der Waals surface area contributed by atoms with Crippen molar-refractivity contribution in [3.8, 4) is 0 Å². The molecule has 0 bridgehead atoms. The number of hydrogen-bond acceptors (Lipinski definition) is 4. The minimum absolute atomic E-state index is 0.176.